The Labute approximate surface area is 99.2 Å². The van der Waals surface area contributed by atoms with Gasteiger partial charge in [-0.2, -0.15) is 0 Å². The third-order valence-electron chi connectivity index (χ3n) is 3.12. The molecule has 1 aromatic rings. The Morgan fingerprint density at radius 1 is 1.41 bits per heavy atom. The van der Waals surface area contributed by atoms with Gasteiger partial charge in [0.2, 0.25) is 0 Å². The van der Waals surface area contributed by atoms with Gasteiger partial charge in [0.1, 0.15) is 5.75 Å². The van der Waals surface area contributed by atoms with Crippen molar-refractivity contribution >= 4 is 0 Å². The van der Waals surface area contributed by atoms with E-state index in [4.69, 9.17) is 4.74 Å². The van der Waals surface area contributed by atoms with Crippen LogP contribution in [0.5, 0.6) is 5.75 Å². The van der Waals surface area contributed by atoms with Gasteiger partial charge in [-0.25, -0.2) is 8.78 Å². The number of rotatable bonds is 4. The zero-order chi connectivity index (χ0) is 12.7. The number of para-hydroxylation sites is 1. The van der Waals surface area contributed by atoms with E-state index in [1.54, 1.807) is 12.1 Å². The summed E-state index contributed by atoms with van der Waals surface area (Å²) in [5.41, 5.74) is -0.192. The summed E-state index contributed by atoms with van der Waals surface area (Å²) in [5.74, 6) is -2.74. The van der Waals surface area contributed by atoms with Gasteiger partial charge in [-0.3, -0.25) is 0 Å². The lowest BCUT2D eigenvalue weighted by Gasteiger charge is -2.19. The van der Waals surface area contributed by atoms with Crippen LogP contribution in [0.25, 0.3) is 0 Å². The molecule has 0 radical (unpaired) electrons. The predicted molar refractivity (Wildman–Crippen MR) is 60.4 cm³/mol. The zero-order valence-electron chi connectivity index (χ0n) is 9.96. The van der Waals surface area contributed by atoms with Crippen molar-refractivity contribution in [3.8, 4) is 5.75 Å². The average Bonchev–Trinajstić information content (AvgIpc) is 2.94. The number of halogens is 2. The molecule has 0 atom stereocenters. The predicted octanol–water partition coefficient (Wildman–Crippen LogP) is 2.87. The quantitative estimate of drug-likeness (QED) is 0.879. The van der Waals surface area contributed by atoms with Crippen LogP contribution in [-0.2, 0) is 12.3 Å². The van der Waals surface area contributed by atoms with Crippen molar-refractivity contribution < 1.29 is 18.6 Å². The Balaban J connectivity index is 2.38. The van der Waals surface area contributed by atoms with E-state index < -0.39 is 11.5 Å². The van der Waals surface area contributed by atoms with E-state index in [1.165, 1.54) is 13.2 Å². The normalized spacial score (nSPS) is 17.9. The summed E-state index contributed by atoms with van der Waals surface area (Å²) in [7, 11) is 1.38. The summed E-state index contributed by atoms with van der Waals surface area (Å²) >= 11 is 0. The molecule has 1 aromatic carbocycles. The van der Waals surface area contributed by atoms with Crippen molar-refractivity contribution in [1.29, 1.82) is 0 Å². The molecule has 0 amide bonds. The molecule has 2 rings (SSSR count). The van der Waals surface area contributed by atoms with Crippen molar-refractivity contribution in [2.45, 2.75) is 37.7 Å². The summed E-state index contributed by atoms with van der Waals surface area (Å²) in [6.45, 7) is 0.848. The summed E-state index contributed by atoms with van der Waals surface area (Å²) in [6.07, 6.45) is 1.83. The van der Waals surface area contributed by atoms with Crippen LogP contribution in [-0.4, -0.2) is 17.8 Å². The SMILES string of the molecule is COc1c(CC2(O)CC2)cccc1C(C)(F)F. The maximum Gasteiger partial charge on any atom is 0.274 e. The minimum absolute atomic E-state index is 0.123. The van der Waals surface area contributed by atoms with E-state index in [1.807, 2.05) is 0 Å². The fourth-order valence-corrected chi connectivity index (χ4v) is 1.99. The molecule has 2 nitrogen and oxygen atoms in total. The van der Waals surface area contributed by atoms with Gasteiger partial charge in [-0.05, 0) is 24.5 Å². The van der Waals surface area contributed by atoms with E-state index in [0.29, 0.717) is 12.0 Å². The zero-order valence-corrected chi connectivity index (χ0v) is 9.96. The molecule has 17 heavy (non-hydrogen) atoms. The van der Waals surface area contributed by atoms with Crippen LogP contribution < -0.4 is 4.74 Å². The Morgan fingerprint density at radius 3 is 2.53 bits per heavy atom. The molecule has 0 bridgehead atoms. The summed E-state index contributed by atoms with van der Waals surface area (Å²) < 4.78 is 31.9. The summed E-state index contributed by atoms with van der Waals surface area (Å²) in [6, 6.07) is 4.67. The molecule has 0 aromatic heterocycles. The third kappa shape index (κ3) is 2.57. The smallest absolute Gasteiger partial charge is 0.274 e. The molecule has 0 aliphatic heterocycles. The van der Waals surface area contributed by atoms with Gasteiger partial charge in [0.25, 0.3) is 5.92 Å². The van der Waals surface area contributed by atoms with Gasteiger partial charge in [-0.15, -0.1) is 0 Å². The summed E-state index contributed by atoms with van der Waals surface area (Å²) in [4.78, 5) is 0. The summed E-state index contributed by atoms with van der Waals surface area (Å²) in [5, 5.41) is 9.85. The fraction of sp³-hybridized carbons (Fsp3) is 0.538. The van der Waals surface area contributed by atoms with E-state index in [9.17, 15) is 13.9 Å². The Kier molecular flexibility index (Phi) is 2.86. The second kappa shape index (κ2) is 3.95. The maximum absolute atomic E-state index is 13.4. The number of aliphatic hydroxyl groups is 1. The Morgan fingerprint density at radius 2 is 2.06 bits per heavy atom. The molecule has 1 aliphatic carbocycles. The average molecular weight is 242 g/mol. The van der Waals surface area contributed by atoms with Crippen molar-refractivity contribution in [2.75, 3.05) is 7.11 Å². The molecule has 0 heterocycles. The van der Waals surface area contributed by atoms with Gasteiger partial charge in [0, 0.05) is 13.3 Å². The topological polar surface area (TPSA) is 29.5 Å². The van der Waals surface area contributed by atoms with Crippen LogP contribution >= 0.6 is 0 Å². The molecule has 4 heteroatoms. The van der Waals surface area contributed by atoms with E-state index in [0.717, 1.165) is 19.8 Å². The molecule has 1 saturated carbocycles. The van der Waals surface area contributed by atoms with E-state index in [2.05, 4.69) is 0 Å². The van der Waals surface area contributed by atoms with Crippen LogP contribution in [0.15, 0.2) is 18.2 Å². The number of hydrogen-bond acceptors (Lipinski definition) is 2. The number of benzene rings is 1. The molecular weight excluding hydrogens is 226 g/mol. The van der Waals surface area contributed by atoms with Gasteiger partial charge in [0.05, 0.1) is 18.3 Å². The van der Waals surface area contributed by atoms with Gasteiger partial charge in [0.15, 0.2) is 0 Å². The maximum atomic E-state index is 13.4. The first-order valence-electron chi connectivity index (χ1n) is 5.62. The third-order valence-corrected chi connectivity index (χ3v) is 3.12. The van der Waals surface area contributed by atoms with E-state index in [-0.39, 0.29) is 11.3 Å². The van der Waals surface area contributed by atoms with Crippen molar-refractivity contribution in [1.82, 2.24) is 0 Å². The highest BCUT2D eigenvalue weighted by Crippen LogP contribution is 2.43. The van der Waals surface area contributed by atoms with Crippen LogP contribution in [0.2, 0.25) is 0 Å². The molecule has 0 spiro atoms. The highest BCUT2D eigenvalue weighted by molar-refractivity contribution is 5.44. The van der Waals surface area contributed by atoms with Crippen molar-refractivity contribution in [3.05, 3.63) is 29.3 Å². The molecule has 94 valence electrons. The molecular formula is C13H16F2O2. The molecule has 1 N–H and O–H groups in total. The van der Waals surface area contributed by atoms with Crippen molar-refractivity contribution in [2.24, 2.45) is 0 Å². The minimum Gasteiger partial charge on any atom is -0.496 e. The van der Waals surface area contributed by atoms with Crippen LogP contribution in [0, 0.1) is 0 Å². The molecule has 1 aliphatic rings. The lowest BCUT2D eigenvalue weighted by Crippen LogP contribution is -2.15. The van der Waals surface area contributed by atoms with Gasteiger partial charge in [-0.1, -0.05) is 12.1 Å². The standard InChI is InChI=1S/C13H16F2O2/c1-12(14,15)10-5-3-4-9(11(10)17-2)8-13(16)6-7-13/h3-5,16H,6-8H2,1-2H3. The van der Waals surface area contributed by atoms with E-state index >= 15 is 0 Å². The number of hydrogen-bond donors (Lipinski definition) is 1. The van der Waals surface area contributed by atoms with Gasteiger partial charge >= 0.3 is 0 Å². The first-order chi connectivity index (χ1) is 7.86. The first-order valence-corrected chi connectivity index (χ1v) is 5.62. The number of alkyl halides is 2. The first kappa shape index (κ1) is 12.3. The highest BCUT2D eigenvalue weighted by atomic mass is 19.3. The second-order valence-electron chi connectivity index (χ2n) is 4.79. The molecule has 1 fully saturated rings. The Bertz CT molecular complexity index is 420. The fourth-order valence-electron chi connectivity index (χ4n) is 1.99. The van der Waals surface area contributed by atoms with Gasteiger partial charge < -0.3 is 9.84 Å². The second-order valence-corrected chi connectivity index (χ2v) is 4.79. The molecule has 0 saturated heterocycles. The minimum atomic E-state index is -2.94. The number of methoxy groups -OCH3 is 1. The largest absolute Gasteiger partial charge is 0.496 e. The monoisotopic (exact) mass is 242 g/mol. The highest BCUT2D eigenvalue weighted by Gasteiger charge is 2.41. The van der Waals surface area contributed by atoms with Crippen LogP contribution in [0.3, 0.4) is 0 Å². The lowest BCUT2D eigenvalue weighted by molar-refractivity contribution is 0.0148. The lowest BCUT2D eigenvalue weighted by atomic mass is 9.99. The molecule has 0 unspecified atom stereocenters. The van der Waals surface area contributed by atoms with Crippen LogP contribution in [0.1, 0.15) is 30.9 Å². The Hall–Kier alpha value is -1.16. The number of ether oxygens (including phenoxy) is 1. The van der Waals surface area contributed by atoms with Crippen LogP contribution in [0.4, 0.5) is 8.78 Å². The van der Waals surface area contributed by atoms with Crippen molar-refractivity contribution in [3.63, 3.8) is 0 Å².